The van der Waals surface area contributed by atoms with Crippen LogP contribution in [0.4, 0.5) is 0 Å². The van der Waals surface area contributed by atoms with E-state index in [9.17, 15) is 14.7 Å². The van der Waals surface area contributed by atoms with E-state index in [0.717, 1.165) is 0 Å². The van der Waals surface area contributed by atoms with Gasteiger partial charge in [0.15, 0.2) is 0 Å². The second-order valence-electron chi connectivity index (χ2n) is 1.60. The van der Waals surface area contributed by atoms with E-state index in [1.165, 1.54) is 0 Å². The minimum Gasteiger partial charge on any atom is -0.548 e. The summed E-state index contributed by atoms with van der Waals surface area (Å²) in [6, 6.07) is -1.28. The Balaban J connectivity index is -0.000000320. The molecular weight excluding hydrogens is 163 g/mol. The van der Waals surface area contributed by atoms with Gasteiger partial charge in [0.25, 0.3) is 0 Å². The van der Waals surface area contributed by atoms with Crippen LogP contribution in [0.3, 0.4) is 0 Å². The van der Waals surface area contributed by atoms with Gasteiger partial charge in [-0.05, 0) is 0 Å². The summed E-state index contributed by atoms with van der Waals surface area (Å²) in [6.45, 7) is 0. The number of carboxylic acids is 1. The van der Waals surface area contributed by atoms with Crippen molar-refractivity contribution in [2.24, 2.45) is 11.5 Å². The molecule has 0 bridgehead atoms. The van der Waals surface area contributed by atoms with Crippen LogP contribution < -0.4 is 46.1 Å². The number of carbonyl (C=O) groups excluding carboxylic acids is 2. The van der Waals surface area contributed by atoms with Crippen LogP contribution in [0.2, 0.25) is 0 Å². The van der Waals surface area contributed by atoms with Gasteiger partial charge in [-0.15, -0.1) is 0 Å². The summed E-state index contributed by atoms with van der Waals surface area (Å²) >= 11 is 0. The third kappa shape index (κ3) is 9.86. The van der Waals surface area contributed by atoms with E-state index in [1.807, 2.05) is 0 Å². The number of amides is 1. The standard InChI is InChI=1S/C4H8N2O3.Na.H2O/c5-2(4(8)9)1-3(6)7;;/h2H,1,5H2,(H2,6,7)(H,8,9);;1H2/q;+1;/p-1/t2-;;/m0../s1. The average Bonchev–Trinajstić information content (AvgIpc) is 1.63. The number of hydrogen-bond acceptors (Lipinski definition) is 4. The molecule has 0 aromatic carbocycles. The van der Waals surface area contributed by atoms with Crippen LogP contribution in [0.15, 0.2) is 0 Å². The summed E-state index contributed by atoms with van der Waals surface area (Å²) in [5.41, 5.74) is 9.48. The summed E-state index contributed by atoms with van der Waals surface area (Å²) in [4.78, 5) is 19.8. The maximum atomic E-state index is 9.97. The molecular formula is C4H9N2NaO4. The monoisotopic (exact) mass is 172 g/mol. The van der Waals surface area contributed by atoms with Crippen LogP contribution in [0.25, 0.3) is 0 Å². The Kier molecular flexibility index (Phi) is 12.4. The van der Waals surface area contributed by atoms with Crippen molar-refractivity contribution in [3.8, 4) is 0 Å². The van der Waals surface area contributed by atoms with Crippen LogP contribution in [0.1, 0.15) is 6.42 Å². The van der Waals surface area contributed by atoms with E-state index >= 15 is 0 Å². The summed E-state index contributed by atoms with van der Waals surface area (Å²) in [5.74, 6) is -2.21. The normalized spacial score (nSPS) is 10.3. The maximum Gasteiger partial charge on any atom is 1.00 e. The molecule has 0 rings (SSSR count). The number of carboxylic acid groups (broad SMARTS) is 1. The first-order valence-electron chi connectivity index (χ1n) is 2.28. The molecule has 0 aliphatic heterocycles. The van der Waals surface area contributed by atoms with Gasteiger partial charge in [0.1, 0.15) is 0 Å². The molecule has 6 N–H and O–H groups in total. The first-order valence-corrected chi connectivity index (χ1v) is 2.28. The van der Waals surface area contributed by atoms with Gasteiger partial charge >= 0.3 is 29.6 Å². The van der Waals surface area contributed by atoms with E-state index in [4.69, 9.17) is 5.73 Å². The number of nitrogens with two attached hydrogens (primary N) is 2. The molecule has 0 aliphatic rings. The van der Waals surface area contributed by atoms with Crippen molar-refractivity contribution in [2.75, 3.05) is 0 Å². The molecule has 0 radical (unpaired) electrons. The van der Waals surface area contributed by atoms with Gasteiger partial charge in [-0.1, -0.05) is 0 Å². The number of rotatable bonds is 3. The van der Waals surface area contributed by atoms with Gasteiger partial charge in [0.2, 0.25) is 5.91 Å². The maximum absolute atomic E-state index is 9.97. The molecule has 0 saturated carbocycles. The summed E-state index contributed by atoms with van der Waals surface area (Å²) in [5, 5.41) is 9.79. The third-order valence-corrected chi connectivity index (χ3v) is 0.724. The Labute approximate surface area is 85.5 Å². The molecule has 0 unspecified atom stereocenters. The van der Waals surface area contributed by atoms with Crippen LogP contribution >= 0.6 is 0 Å². The second-order valence-corrected chi connectivity index (χ2v) is 1.60. The molecule has 0 spiro atoms. The van der Waals surface area contributed by atoms with Crippen molar-refractivity contribution >= 4 is 11.9 Å². The quantitative estimate of drug-likeness (QED) is 0.408. The van der Waals surface area contributed by atoms with Gasteiger partial charge in [0, 0.05) is 6.42 Å². The van der Waals surface area contributed by atoms with Crippen LogP contribution in [0, 0.1) is 0 Å². The van der Waals surface area contributed by atoms with Gasteiger partial charge in [-0.25, -0.2) is 0 Å². The SMILES string of the molecule is NC(=O)C[C@H](N)C(=O)[O-].O.[Na+]. The Morgan fingerprint density at radius 1 is 1.45 bits per heavy atom. The molecule has 60 valence electrons. The minimum absolute atomic E-state index is 0. The number of aliphatic carboxylic acids is 1. The number of carbonyl (C=O) groups is 2. The third-order valence-electron chi connectivity index (χ3n) is 0.724. The zero-order valence-electron chi connectivity index (χ0n) is 6.16. The second kappa shape index (κ2) is 7.96. The Morgan fingerprint density at radius 3 is 1.91 bits per heavy atom. The topological polar surface area (TPSA) is 141 Å². The minimum atomic E-state index is -1.46. The Hall–Kier alpha value is -0.140. The van der Waals surface area contributed by atoms with Gasteiger partial charge in [0.05, 0.1) is 12.0 Å². The molecule has 6 nitrogen and oxygen atoms in total. The van der Waals surface area contributed by atoms with Gasteiger partial charge in [-0.3, -0.25) is 4.79 Å². The first-order chi connectivity index (χ1) is 4.04. The molecule has 0 heterocycles. The number of hydrogen-bond donors (Lipinski definition) is 2. The zero-order valence-corrected chi connectivity index (χ0v) is 8.16. The van der Waals surface area contributed by atoms with E-state index in [2.05, 4.69) is 5.73 Å². The predicted molar refractivity (Wildman–Crippen MR) is 30.4 cm³/mol. The van der Waals surface area contributed by atoms with Gasteiger partial charge in [-0.2, -0.15) is 0 Å². The van der Waals surface area contributed by atoms with Crippen molar-refractivity contribution in [3.05, 3.63) is 0 Å². The van der Waals surface area contributed by atoms with Crippen molar-refractivity contribution < 1.29 is 49.7 Å². The fourth-order valence-electron chi connectivity index (χ4n) is 0.300. The van der Waals surface area contributed by atoms with Crippen LogP contribution in [0.5, 0.6) is 0 Å². The smallest absolute Gasteiger partial charge is 0.548 e. The molecule has 1 amide bonds. The molecule has 0 aromatic rings. The molecule has 0 fully saturated rings. The summed E-state index contributed by atoms with van der Waals surface area (Å²) in [6.07, 6.45) is -0.373. The molecule has 0 aromatic heterocycles. The van der Waals surface area contributed by atoms with Crippen LogP contribution in [-0.2, 0) is 9.59 Å². The van der Waals surface area contributed by atoms with Crippen molar-refractivity contribution in [2.45, 2.75) is 12.5 Å². The average molecular weight is 172 g/mol. The van der Waals surface area contributed by atoms with E-state index in [-0.39, 0.29) is 41.5 Å². The van der Waals surface area contributed by atoms with E-state index < -0.39 is 17.9 Å². The number of primary amides is 1. The fourth-order valence-corrected chi connectivity index (χ4v) is 0.300. The Morgan fingerprint density at radius 2 is 1.82 bits per heavy atom. The van der Waals surface area contributed by atoms with Crippen molar-refractivity contribution in [1.82, 2.24) is 0 Å². The fraction of sp³-hybridized carbons (Fsp3) is 0.500. The largest absolute Gasteiger partial charge is 1.00 e. The van der Waals surface area contributed by atoms with Crippen molar-refractivity contribution in [1.29, 1.82) is 0 Å². The Bertz CT molecular complexity index is 140. The van der Waals surface area contributed by atoms with E-state index in [1.54, 1.807) is 0 Å². The molecule has 1 atom stereocenters. The summed E-state index contributed by atoms with van der Waals surface area (Å²) < 4.78 is 0. The molecule has 11 heavy (non-hydrogen) atoms. The van der Waals surface area contributed by atoms with Gasteiger partial charge < -0.3 is 26.8 Å². The van der Waals surface area contributed by atoms with Crippen molar-refractivity contribution in [3.63, 3.8) is 0 Å². The molecule has 0 aliphatic carbocycles. The zero-order chi connectivity index (χ0) is 7.44. The molecule has 0 saturated heterocycles. The summed E-state index contributed by atoms with van der Waals surface area (Å²) in [7, 11) is 0. The molecule has 7 heteroatoms. The predicted octanol–water partition coefficient (Wildman–Crippen LogP) is -6.88. The van der Waals surface area contributed by atoms with E-state index in [0.29, 0.717) is 0 Å². The first kappa shape index (κ1) is 17.1. The van der Waals surface area contributed by atoms with Crippen LogP contribution in [-0.4, -0.2) is 23.4 Å².